The minimum Gasteiger partial charge on any atom is -0.744 e. The van der Waals surface area contributed by atoms with E-state index in [1.165, 1.54) is 24.3 Å². The van der Waals surface area contributed by atoms with Crippen molar-refractivity contribution < 1.29 is 54.1 Å². The van der Waals surface area contributed by atoms with Gasteiger partial charge in [0, 0.05) is 70.8 Å². The summed E-state index contributed by atoms with van der Waals surface area (Å²) in [5.41, 5.74) is 6.33. The lowest BCUT2D eigenvalue weighted by molar-refractivity contribution is -0.673. The predicted octanol–water partition coefficient (Wildman–Crippen LogP) is 6.94. The lowest BCUT2D eigenvalue weighted by Crippen LogP contribution is -2.36. The molecule has 2 amide bonds. The highest BCUT2D eigenvalue weighted by molar-refractivity contribution is 7.86. The fourth-order valence-electron chi connectivity index (χ4n) is 6.31. The SMILES string of the molecule is CCOCC[n+]1cccc2cc(NC(=O)c3ccc(C(=O)Nc4ccc5c(ccc[n+]5CCOCC)c4)cc3)ccc21.Cc1ccc(S(=O)(=O)[O-])cc1.Cc1ccc(S(=O)(=O)[O-])cc1. The maximum absolute atomic E-state index is 13.0. The number of nitrogens with zero attached hydrogens (tertiary/aromatic N) is 2. The molecule has 7 aromatic rings. The van der Waals surface area contributed by atoms with Crippen molar-refractivity contribution in [2.75, 3.05) is 37.1 Å². The van der Waals surface area contributed by atoms with Gasteiger partial charge in [-0.3, -0.25) is 9.59 Å². The summed E-state index contributed by atoms with van der Waals surface area (Å²) in [5.74, 6) is -0.484. The van der Waals surface area contributed by atoms with Crippen molar-refractivity contribution in [1.82, 2.24) is 0 Å². The number of carbonyl (C=O) groups excluding carboxylic acids is 2. The average molecular weight is 907 g/mol. The first kappa shape index (κ1) is 48.6. The van der Waals surface area contributed by atoms with Crippen LogP contribution in [0, 0.1) is 13.8 Å². The van der Waals surface area contributed by atoms with E-state index in [1.54, 1.807) is 48.5 Å². The van der Waals surface area contributed by atoms with E-state index in [-0.39, 0.29) is 21.6 Å². The van der Waals surface area contributed by atoms with Crippen LogP contribution in [0.5, 0.6) is 0 Å². The Morgan fingerprint density at radius 2 is 0.891 bits per heavy atom. The van der Waals surface area contributed by atoms with Crippen LogP contribution in [-0.2, 0) is 42.8 Å². The number of fused-ring (bicyclic) bond motifs is 2. The Bertz CT molecular complexity index is 2710. The second kappa shape index (κ2) is 22.8. The Morgan fingerprint density at radius 1 is 0.531 bits per heavy atom. The maximum Gasteiger partial charge on any atom is 0.255 e. The van der Waals surface area contributed by atoms with Crippen LogP contribution in [0.25, 0.3) is 21.8 Å². The van der Waals surface area contributed by atoms with Gasteiger partial charge in [0.1, 0.15) is 33.5 Å². The van der Waals surface area contributed by atoms with Gasteiger partial charge in [0.05, 0.1) is 9.79 Å². The average Bonchev–Trinajstić information content (AvgIpc) is 3.26. The van der Waals surface area contributed by atoms with Crippen LogP contribution in [0.15, 0.2) is 156 Å². The summed E-state index contributed by atoms with van der Waals surface area (Å²) in [5, 5.41) is 7.97. The standard InChI is InChI=1S/C34H34N4O4.2C7H8O3S/c1-3-41-21-19-37-17-5-7-27-23-29(13-15-31(27)37)35-33(39)25-9-11-26(12-10-25)34(40)36-30-14-16-32-28(24-30)8-6-18-38(32)20-22-42-4-2;2*1-6-2-4-7(5-3-6)11(8,9)10/h5-18,23-24H,3-4,19-22H2,1-2H3;2*2-5H,1H3,(H,8,9,10). The molecule has 2 N–H and O–H groups in total. The number of hydrogen-bond acceptors (Lipinski definition) is 10. The summed E-state index contributed by atoms with van der Waals surface area (Å²) < 4.78 is 77.6. The molecule has 0 fully saturated rings. The predicted molar refractivity (Wildman–Crippen MR) is 242 cm³/mol. The molecule has 2 aromatic heterocycles. The van der Waals surface area contributed by atoms with Crippen LogP contribution in [0.4, 0.5) is 11.4 Å². The lowest BCUT2D eigenvalue weighted by atomic mass is 10.1. The van der Waals surface area contributed by atoms with E-state index in [9.17, 15) is 35.5 Å². The monoisotopic (exact) mass is 906 g/mol. The molecule has 0 atom stereocenters. The number of anilines is 2. The molecule has 2 heterocycles. The largest absolute Gasteiger partial charge is 0.744 e. The molecule has 0 spiro atoms. The van der Waals surface area contributed by atoms with Crippen molar-refractivity contribution in [3.05, 3.63) is 168 Å². The molecular formula is C48H50N4O10S2. The van der Waals surface area contributed by atoms with Gasteiger partial charge in [-0.05, 0) is 113 Å². The minimum atomic E-state index is -4.27. The molecule has 7 rings (SSSR count). The van der Waals surface area contributed by atoms with Gasteiger partial charge in [-0.15, -0.1) is 0 Å². The molecule has 334 valence electrons. The third-order valence-electron chi connectivity index (χ3n) is 9.66. The molecule has 0 bridgehead atoms. The van der Waals surface area contributed by atoms with E-state index in [4.69, 9.17) is 9.47 Å². The summed E-state index contributed by atoms with van der Waals surface area (Å²) >= 11 is 0. The third kappa shape index (κ3) is 14.3. The summed E-state index contributed by atoms with van der Waals surface area (Å²) in [6.45, 7) is 11.8. The number of hydrogen-bond donors (Lipinski definition) is 2. The van der Waals surface area contributed by atoms with Gasteiger partial charge in [0.2, 0.25) is 11.0 Å². The first-order chi connectivity index (χ1) is 30.5. The van der Waals surface area contributed by atoms with Crippen LogP contribution in [0.1, 0.15) is 45.7 Å². The highest BCUT2D eigenvalue weighted by Gasteiger charge is 2.14. The van der Waals surface area contributed by atoms with E-state index >= 15 is 0 Å². The van der Waals surface area contributed by atoms with Gasteiger partial charge >= 0.3 is 0 Å². The Labute approximate surface area is 373 Å². The van der Waals surface area contributed by atoms with Gasteiger partial charge in [-0.1, -0.05) is 35.4 Å². The van der Waals surface area contributed by atoms with Crippen molar-refractivity contribution in [2.45, 2.75) is 50.6 Å². The molecule has 64 heavy (non-hydrogen) atoms. The van der Waals surface area contributed by atoms with Crippen molar-refractivity contribution in [2.24, 2.45) is 0 Å². The first-order valence-corrected chi connectivity index (χ1v) is 23.1. The topological polar surface area (TPSA) is 199 Å². The molecule has 0 saturated carbocycles. The second-order valence-corrected chi connectivity index (χ2v) is 17.1. The van der Waals surface area contributed by atoms with Gasteiger partial charge < -0.3 is 29.2 Å². The molecule has 0 aliphatic rings. The number of nitrogens with one attached hydrogen (secondary N) is 2. The number of benzene rings is 5. The third-order valence-corrected chi connectivity index (χ3v) is 11.4. The van der Waals surface area contributed by atoms with E-state index in [0.717, 1.165) is 46.0 Å². The van der Waals surface area contributed by atoms with E-state index in [2.05, 4.69) is 19.8 Å². The van der Waals surface area contributed by atoms with Gasteiger partial charge in [0.15, 0.2) is 25.5 Å². The number of aryl methyl sites for hydroxylation is 2. The summed E-state index contributed by atoms with van der Waals surface area (Å²) in [7, 11) is -8.54. The molecular weight excluding hydrogens is 857 g/mol. The second-order valence-electron chi connectivity index (χ2n) is 14.4. The molecule has 0 radical (unpaired) electrons. The smallest absolute Gasteiger partial charge is 0.255 e. The van der Waals surface area contributed by atoms with Crippen molar-refractivity contribution >= 4 is 65.2 Å². The molecule has 5 aromatic carbocycles. The number of aromatic nitrogens is 2. The highest BCUT2D eigenvalue weighted by Crippen LogP contribution is 2.20. The number of rotatable bonds is 14. The van der Waals surface area contributed by atoms with E-state index < -0.39 is 20.2 Å². The molecule has 0 saturated heterocycles. The van der Waals surface area contributed by atoms with Crippen LogP contribution < -0.4 is 19.8 Å². The molecule has 0 unspecified atom stereocenters. The summed E-state index contributed by atoms with van der Waals surface area (Å²) in [6, 6.07) is 37.9. The normalized spacial score (nSPS) is 11.2. The Kier molecular flexibility index (Phi) is 17.3. The van der Waals surface area contributed by atoms with Crippen LogP contribution in [0.3, 0.4) is 0 Å². The maximum atomic E-state index is 13.0. The van der Waals surface area contributed by atoms with Crippen molar-refractivity contribution in [3.63, 3.8) is 0 Å². The van der Waals surface area contributed by atoms with Crippen LogP contribution >= 0.6 is 0 Å². The number of carbonyl (C=O) groups is 2. The lowest BCUT2D eigenvalue weighted by Gasteiger charge is -2.09. The number of pyridine rings is 2. The molecule has 0 aliphatic heterocycles. The van der Waals surface area contributed by atoms with Crippen LogP contribution in [-0.4, -0.2) is 64.2 Å². The quantitative estimate of drug-likeness (QED) is 0.0655. The van der Waals surface area contributed by atoms with Crippen molar-refractivity contribution in [3.8, 4) is 0 Å². The van der Waals surface area contributed by atoms with Gasteiger partial charge in [-0.2, -0.15) is 9.13 Å². The molecule has 16 heteroatoms. The Hall–Kier alpha value is -6.40. The van der Waals surface area contributed by atoms with Gasteiger partial charge in [0.25, 0.3) is 11.8 Å². The van der Waals surface area contributed by atoms with Gasteiger partial charge in [-0.25, -0.2) is 16.8 Å². The Balaban J connectivity index is 0.000000284. The zero-order chi connectivity index (χ0) is 46.3. The van der Waals surface area contributed by atoms with E-state index in [1.807, 2.05) is 101 Å². The molecule has 14 nitrogen and oxygen atoms in total. The van der Waals surface area contributed by atoms with E-state index in [0.29, 0.717) is 48.9 Å². The fraction of sp³-hybridized carbons (Fsp3) is 0.208. The minimum absolute atomic E-state index is 0.178. The molecule has 0 aliphatic carbocycles. The zero-order valence-corrected chi connectivity index (χ0v) is 37.5. The number of ether oxygens (including phenoxy) is 2. The summed E-state index contributed by atoms with van der Waals surface area (Å²) in [6.07, 6.45) is 4.05. The van der Waals surface area contributed by atoms with Crippen molar-refractivity contribution in [1.29, 1.82) is 0 Å². The zero-order valence-electron chi connectivity index (χ0n) is 35.9. The fourth-order valence-corrected chi connectivity index (χ4v) is 7.25. The summed E-state index contributed by atoms with van der Waals surface area (Å²) in [4.78, 5) is 25.6. The first-order valence-electron chi connectivity index (χ1n) is 20.3. The number of amides is 2. The highest BCUT2D eigenvalue weighted by atomic mass is 32.2. The van der Waals surface area contributed by atoms with Crippen LogP contribution in [0.2, 0.25) is 0 Å². The Morgan fingerprint density at radius 3 is 1.22 bits per heavy atom.